The van der Waals surface area contributed by atoms with Gasteiger partial charge in [0.25, 0.3) is 0 Å². The molecule has 21 heavy (non-hydrogen) atoms. The van der Waals surface area contributed by atoms with E-state index in [1.54, 1.807) is 0 Å². The van der Waals surface area contributed by atoms with Crippen molar-refractivity contribution >= 4 is 0 Å². The molecular formula is C19H33NO. The lowest BCUT2D eigenvalue weighted by Crippen LogP contribution is -2.31. The van der Waals surface area contributed by atoms with Crippen LogP contribution in [0.2, 0.25) is 0 Å². The van der Waals surface area contributed by atoms with E-state index in [1.165, 1.54) is 5.56 Å². The molecule has 2 heteroatoms. The summed E-state index contributed by atoms with van der Waals surface area (Å²) < 4.78 is 5.63. The zero-order valence-corrected chi connectivity index (χ0v) is 14.6. The number of benzene rings is 1. The van der Waals surface area contributed by atoms with Gasteiger partial charge in [-0.25, -0.2) is 0 Å². The van der Waals surface area contributed by atoms with Gasteiger partial charge in [-0.2, -0.15) is 0 Å². The minimum atomic E-state index is 0.380. The second-order valence-electron chi connectivity index (χ2n) is 6.70. The SMILES string of the molecule is CCCOc1ccc(C(C)NCC(C(C)C)C(C)C)cc1. The van der Waals surface area contributed by atoms with Crippen LogP contribution in [0.1, 0.15) is 59.6 Å². The van der Waals surface area contributed by atoms with Crippen molar-refractivity contribution in [3.05, 3.63) is 29.8 Å². The van der Waals surface area contributed by atoms with Gasteiger partial charge in [0.15, 0.2) is 0 Å². The van der Waals surface area contributed by atoms with E-state index in [-0.39, 0.29) is 0 Å². The standard InChI is InChI=1S/C19H33NO/c1-7-12-21-18-10-8-17(9-11-18)16(6)20-13-19(14(2)3)15(4)5/h8-11,14-16,19-20H,7,12-13H2,1-6H3. The molecule has 0 aliphatic carbocycles. The fourth-order valence-electron chi connectivity index (χ4n) is 2.74. The van der Waals surface area contributed by atoms with E-state index in [1.807, 2.05) is 0 Å². The number of nitrogens with one attached hydrogen (secondary N) is 1. The summed E-state index contributed by atoms with van der Waals surface area (Å²) in [5.41, 5.74) is 1.32. The van der Waals surface area contributed by atoms with Crippen molar-refractivity contribution < 1.29 is 4.74 Å². The van der Waals surface area contributed by atoms with Gasteiger partial charge in [-0.05, 0) is 55.3 Å². The fourth-order valence-corrected chi connectivity index (χ4v) is 2.74. The number of hydrogen-bond donors (Lipinski definition) is 1. The largest absolute Gasteiger partial charge is 0.494 e. The highest BCUT2D eigenvalue weighted by atomic mass is 16.5. The van der Waals surface area contributed by atoms with Crippen molar-refractivity contribution in [2.24, 2.45) is 17.8 Å². The van der Waals surface area contributed by atoms with Crippen molar-refractivity contribution in [1.82, 2.24) is 5.32 Å². The Morgan fingerprint density at radius 1 is 0.952 bits per heavy atom. The summed E-state index contributed by atoms with van der Waals surface area (Å²) >= 11 is 0. The highest BCUT2D eigenvalue weighted by Crippen LogP contribution is 2.22. The van der Waals surface area contributed by atoms with Crippen LogP contribution in [0.4, 0.5) is 0 Å². The molecule has 0 aliphatic heterocycles. The Morgan fingerprint density at radius 2 is 1.52 bits per heavy atom. The quantitative estimate of drug-likeness (QED) is 0.687. The van der Waals surface area contributed by atoms with Crippen LogP contribution in [0.5, 0.6) is 5.75 Å². The third-order valence-electron chi connectivity index (χ3n) is 4.23. The van der Waals surface area contributed by atoms with Gasteiger partial charge >= 0.3 is 0 Å². The molecule has 1 aromatic rings. The Bertz CT molecular complexity index is 375. The average Bonchev–Trinajstić information content (AvgIpc) is 2.44. The maximum Gasteiger partial charge on any atom is 0.119 e. The van der Waals surface area contributed by atoms with Crippen LogP contribution in [0.3, 0.4) is 0 Å². The highest BCUT2D eigenvalue weighted by Gasteiger charge is 2.18. The maximum absolute atomic E-state index is 5.63. The van der Waals surface area contributed by atoms with E-state index in [0.717, 1.165) is 43.1 Å². The molecule has 2 nitrogen and oxygen atoms in total. The minimum Gasteiger partial charge on any atom is -0.494 e. The van der Waals surface area contributed by atoms with E-state index < -0.39 is 0 Å². The maximum atomic E-state index is 5.63. The molecule has 0 amide bonds. The van der Waals surface area contributed by atoms with Gasteiger partial charge in [-0.3, -0.25) is 0 Å². The molecule has 0 saturated carbocycles. The summed E-state index contributed by atoms with van der Waals surface area (Å²) in [5, 5.41) is 3.68. The van der Waals surface area contributed by atoms with E-state index in [2.05, 4.69) is 71.1 Å². The lowest BCUT2D eigenvalue weighted by Gasteiger charge is -2.27. The topological polar surface area (TPSA) is 21.3 Å². The summed E-state index contributed by atoms with van der Waals surface area (Å²) in [6.07, 6.45) is 1.05. The van der Waals surface area contributed by atoms with Crippen LogP contribution in [0, 0.1) is 17.8 Å². The number of ether oxygens (including phenoxy) is 1. The van der Waals surface area contributed by atoms with Crippen molar-refractivity contribution in [1.29, 1.82) is 0 Å². The first kappa shape index (κ1) is 18.0. The van der Waals surface area contributed by atoms with Gasteiger partial charge in [-0.15, -0.1) is 0 Å². The zero-order valence-electron chi connectivity index (χ0n) is 14.6. The summed E-state index contributed by atoms with van der Waals surface area (Å²) in [7, 11) is 0. The van der Waals surface area contributed by atoms with Crippen LogP contribution >= 0.6 is 0 Å². The number of rotatable bonds is 9. The third-order valence-corrected chi connectivity index (χ3v) is 4.23. The molecule has 1 rings (SSSR count). The Labute approximate surface area is 131 Å². The summed E-state index contributed by atoms with van der Waals surface area (Å²) in [4.78, 5) is 0. The van der Waals surface area contributed by atoms with Crippen molar-refractivity contribution in [3.8, 4) is 5.75 Å². The monoisotopic (exact) mass is 291 g/mol. The molecule has 1 aromatic carbocycles. The second kappa shape index (κ2) is 9.09. The minimum absolute atomic E-state index is 0.380. The van der Waals surface area contributed by atoms with Gasteiger partial charge in [0.1, 0.15) is 5.75 Å². The van der Waals surface area contributed by atoms with Gasteiger partial charge in [-0.1, -0.05) is 46.8 Å². The molecule has 0 aromatic heterocycles. The van der Waals surface area contributed by atoms with Crippen molar-refractivity contribution in [2.45, 2.75) is 54.0 Å². The van der Waals surface area contributed by atoms with Crippen LogP contribution in [-0.2, 0) is 0 Å². The van der Waals surface area contributed by atoms with Crippen molar-refractivity contribution in [3.63, 3.8) is 0 Å². The lowest BCUT2D eigenvalue weighted by molar-refractivity contribution is 0.268. The van der Waals surface area contributed by atoms with E-state index in [4.69, 9.17) is 4.74 Å². The molecule has 0 aliphatic rings. The predicted molar refractivity (Wildman–Crippen MR) is 91.8 cm³/mol. The third kappa shape index (κ3) is 6.09. The predicted octanol–water partition coefficient (Wildman–Crippen LogP) is 5.05. The smallest absolute Gasteiger partial charge is 0.119 e. The Kier molecular flexibility index (Phi) is 7.81. The van der Waals surface area contributed by atoms with Crippen LogP contribution in [0.25, 0.3) is 0 Å². The molecule has 0 saturated heterocycles. The average molecular weight is 291 g/mol. The van der Waals surface area contributed by atoms with Gasteiger partial charge in [0.05, 0.1) is 6.61 Å². The van der Waals surface area contributed by atoms with Crippen LogP contribution in [-0.4, -0.2) is 13.2 Å². The molecule has 0 spiro atoms. The fraction of sp³-hybridized carbons (Fsp3) is 0.684. The van der Waals surface area contributed by atoms with Crippen molar-refractivity contribution in [2.75, 3.05) is 13.2 Å². The first-order chi connectivity index (χ1) is 9.95. The van der Waals surface area contributed by atoms with E-state index >= 15 is 0 Å². The molecule has 1 atom stereocenters. The van der Waals surface area contributed by atoms with Crippen LogP contribution < -0.4 is 10.1 Å². The number of hydrogen-bond acceptors (Lipinski definition) is 2. The van der Waals surface area contributed by atoms with Gasteiger partial charge < -0.3 is 10.1 Å². The van der Waals surface area contributed by atoms with E-state index in [9.17, 15) is 0 Å². The first-order valence-electron chi connectivity index (χ1n) is 8.41. The van der Waals surface area contributed by atoms with E-state index in [0.29, 0.717) is 6.04 Å². The Morgan fingerprint density at radius 3 is 2.00 bits per heavy atom. The summed E-state index contributed by atoms with van der Waals surface area (Å²) in [6, 6.07) is 8.87. The van der Waals surface area contributed by atoms with Gasteiger partial charge in [0.2, 0.25) is 0 Å². The zero-order chi connectivity index (χ0) is 15.8. The Balaban J connectivity index is 2.53. The molecular weight excluding hydrogens is 258 g/mol. The molecule has 0 heterocycles. The summed E-state index contributed by atoms with van der Waals surface area (Å²) in [6.45, 7) is 15.5. The first-order valence-corrected chi connectivity index (χ1v) is 8.41. The Hall–Kier alpha value is -1.02. The molecule has 120 valence electrons. The normalized spacial score (nSPS) is 13.2. The lowest BCUT2D eigenvalue weighted by atomic mass is 9.85. The second-order valence-corrected chi connectivity index (χ2v) is 6.70. The molecule has 0 radical (unpaired) electrons. The van der Waals surface area contributed by atoms with Crippen LogP contribution in [0.15, 0.2) is 24.3 Å². The van der Waals surface area contributed by atoms with Gasteiger partial charge in [0, 0.05) is 6.04 Å². The highest BCUT2D eigenvalue weighted by molar-refractivity contribution is 5.28. The molecule has 0 bridgehead atoms. The molecule has 1 N–H and O–H groups in total. The molecule has 0 fully saturated rings. The molecule has 1 unspecified atom stereocenters. The summed E-state index contributed by atoms with van der Waals surface area (Å²) in [5.74, 6) is 3.12.